The molecule has 1 amide bonds. The summed E-state index contributed by atoms with van der Waals surface area (Å²) in [7, 11) is 1.43. The molecule has 194 valence electrons. The van der Waals surface area contributed by atoms with Crippen LogP contribution in [0.15, 0.2) is 24.3 Å². The van der Waals surface area contributed by atoms with Crippen molar-refractivity contribution in [1.82, 2.24) is 4.90 Å². The lowest BCUT2D eigenvalue weighted by molar-refractivity contribution is -0.161. The molecule has 1 saturated carbocycles. The lowest BCUT2D eigenvalue weighted by Crippen LogP contribution is -2.54. The zero-order valence-corrected chi connectivity index (χ0v) is 24.1. The Morgan fingerprint density at radius 3 is 2.31 bits per heavy atom. The van der Waals surface area contributed by atoms with Gasteiger partial charge in [-0.3, -0.25) is 9.59 Å². The van der Waals surface area contributed by atoms with Crippen molar-refractivity contribution in [2.24, 2.45) is 11.3 Å². The van der Waals surface area contributed by atoms with Gasteiger partial charge in [-0.1, -0.05) is 91.8 Å². The summed E-state index contributed by atoms with van der Waals surface area (Å²) in [6.07, 6.45) is 2.23. The van der Waals surface area contributed by atoms with Crippen LogP contribution in [0.2, 0.25) is 15.1 Å². The minimum absolute atomic E-state index is 0.0234. The number of amides is 1. The number of carbonyl (C=O) groups excluding carboxylic acids is 2. The third-order valence-corrected chi connectivity index (χ3v) is 9.74. The van der Waals surface area contributed by atoms with Gasteiger partial charge >= 0.3 is 5.97 Å². The van der Waals surface area contributed by atoms with E-state index in [-0.39, 0.29) is 23.7 Å². The van der Waals surface area contributed by atoms with E-state index in [1.54, 1.807) is 0 Å². The predicted octanol–water partition coefficient (Wildman–Crippen LogP) is 7.97. The third-order valence-electron chi connectivity index (χ3n) is 8.48. The smallest absolute Gasteiger partial charge is 0.311 e. The maximum absolute atomic E-state index is 14.3. The Labute approximate surface area is 229 Å². The van der Waals surface area contributed by atoms with Gasteiger partial charge in [0.1, 0.15) is 0 Å². The SMILES string of the molecule is COC(=O)[C@]1(C)CCC[C@]2(C)c3c(Cl)c(Cl)c(C(C)C)c(Cl)c3C(=O)N(Cc3ccc(C)cc3)C[C@@H]12. The summed E-state index contributed by atoms with van der Waals surface area (Å²) in [6, 6.07) is 8.14. The van der Waals surface area contributed by atoms with Gasteiger partial charge in [-0.05, 0) is 49.3 Å². The van der Waals surface area contributed by atoms with Crippen LogP contribution in [0.3, 0.4) is 0 Å². The number of aryl methyl sites for hydroxylation is 1. The normalized spacial score (nSPS) is 25.9. The third kappa shape index (κ3) is 4.23. The number of fused-ring (bicyclic) bond motifs is 3. The van der Waals surface area contributed by atoms with Crippen molar-refractivity contribution in [3.05, 3.63) is 67.2 Å². The van der Waals surface area contributed by atoms with Crippen LogP contribution in [0.5, 0.6) is 0 Å². The van der Waals surface area contributed by atoms with E-state index in [0.717, 1.165) is 24.0 Å². The van der Waals surface area contributed by atoms with Gasteiger partial charge in [0.05, 0.1) is 33.2 Å². The first-order valence-corrected chi connectivity index (χ1v) is 13.6. The Balaban J connectivity index is 2.01. The fraction of sp³-hybridized carbons (Fsp3) is 0.517. The van der Waals surface area contributed by atoms with Gasteiger partial charge in [0, 0.05) is 24.4 Å². The highest BCUT2D eigenvalue weighted by molar-refractivity contribution is 6.46. The summed E-state index contributed by atoms with van der Waals surface area (Å²) in [6.45, 7) is 10.8. The Bertz CT molecular complexity index is 1210. The summed E-state index contributed by atoms with van der Waals surface area (Å²) in [4.78, 5) is 29.4. The Morgan fingerprint density at radius 1 is 1.08 bits per heavy atom. The van der Waals surface area contributed by atoms with Crippen molar-refractivity contribution in [3.63, 3.8) is 0 Å². The van der Waals surface area contributed by atoms with Crippen LogP contribution in [-0.4, -0.2) is 30.4 Å². The average molecular weight is 551 g/mol. The molecule has 4 nitrogen and oxygen atoms in total. The zero-order valence-electron chi connectivity index (χ0n) is 21.8. The summed E-state index contributed by atoms with van der Waals surface area (Å²) in [5.74, 6) is -0.711. The summed E-state index contributed by atoms with van der Waals surface area (Å²) in [5.41, 5.74) is 2.52. The molecule has 0 unspecified atom stereocenters. The van der Waals surface area contributed by atoms with Crippen LogP contribution in [-0.2, 0) is 21.5 Å². The van der Waals surface area contributed by atoms with Crippen molar-refractivity contribution >= 4 is 46.7 Å². The highest BCUT2D eigenvalue weighted by Gasteiger charge is 2.58. The molecule has 2 aliphatic rings. The molecule has 4 rings (SSSR count). The molecular formula is C29H34Cl3NO3. The second-order valence-electron chi connectivity index (χ2n) is 11.2. The van der Waals surface area contributed by atoms with E-state index in [1.165, 1.54) is 7.11 Å². The molecule has 7 heteroatoms. The lowest BCUT2D eigenvalue weighted by atomic mass is 9.53. The first-order valence-electron chi connectivity index (χ1n) is 12.5. The molecule has 2 aromatic carbocycles. The van der Waals surface area contributed by atoms with E-state index >= 15 is 0 Å². The van der Waals surface area contributed by atoms with Gasteiger partial charge in [0.25, 0.3) is 5.91 Å². The summed E-state index contributed by atoms with van der Waals surface area (Å²) >= 11 is 20.9. The maximum atomic E-state index is 14.3. The Morgan fingerprint density at radius 2 is 1.72 bits per heavy atom. The Hall–Kier alpha value is -1.75. The highest BCUT2D eigenvalue weighted by atomic mass is 35.5. The number of halogens is 3. The first kappa shape index (κ1) is 27.3. The van der Waals surface area contributed by atoms with Gasteiger partial charge < -0.3 is 9.64 Å². The van der Waals surface area contributed by atoms with Gasteiger partial charge in [-0.15, -0.1) is 0 Å². The van der Waals surface area contributed by atoms with Crippen molar-refractivity contribution in [2.45, 2.75) is 71.8 Å². The number of rotatable bonds is 4. The number of hydrogen-bond acceptors (Lipinski definition) is 3. The van der Waals surface area contributed by atoms with Crippen LogP contribution in [0.1, 0.15) is 85.5 Å². The quantitative estimate of drug-likeness (QED) is 0.286. The second kappa shape index (κ2) is 9.85. The zero-order chi connectivity index (χ0) is 26.6. The highest BCUT2D eigenvalue weighted by Crippen LogP contribution is 2.59. The van der Waals surface area contributed by atoms with Crippen LogP contribution in [0.4, 0.5) is 0 Å². The standard InChI is InChI=1S/C29H34Cl3NO3/c1-16(2)20-23(30)21-22(25(32)24(20)31)28(4)12-7-13-29(5,27(35)36-6)19(28)15-33(26(21)34)14-18-10-8-17(3)9-11-18/h8-11,16,19H,7,12-15H2,1-6H3/t19-,28+,29-/m1/s1. The average Bonchev–Trinajstić information content (AvgIpc) is 2.92. The second-order valence-corrected chi connectivity index (χ2v) is 12.3. The van der Waals surface area contributed by atoms with E-state index < -0.39 is 10.8 Å². The van der Waals surface area contributed by atoms with Gasteiger partial charge in [0.15, 0.2) is 0 Å². The number of methoxy groups -OCH3 is 1. The minimum Gasteiger partial charge on any atom is -0.469 e. The molecular weight excluding hydrogens is 517 g/mol. The number of benzene rings is 2. The number of esters is 1. The molecule has 1 heterocycles. The molecule has 1 aliphatic heterocycles. The molecule has 1 fully saturated rings. The van der Waals surface area contributed by atoms with Crippen molar-refractivity contribution in [1.29, 1.82) is 0 Å². The minimum atomic E-state index is -0.797. The van der Waals surface area contributed by atoms with Gasteiger partial charge in [-0.2, -0.15) is 0 Å². The van der Waals surface area contributed by atoms with Crippen molar-refractivity contribution < 1.29 is 14.3 Å². The number of hydrogen-bond donors (Lipinski definition) is 0. The van der Waals surface area contributed by atoms with E-state index in [1.807, 2.05) is 56.9 Å². The van der Waals surface area contributed by atoms with Crippen LogP contribution in [0, 0.1) is 18.3 Å². The molecule has 0 spiro atoms. The molecule has 36 heavy (non-hydrogen) atoms. The Kier molecular flexibility index (Phi) is 7.47. The topological polar surface area (TPSA) is 46.6 Å². The fourth-order valence-electron chi connectivity index (χ4n) is 6.49. The van der Waals surface area contributed by atoms with Crippen molar-refractivity contribution in [2.75, 3.05) is 13.7 Å². The monoisotopic (exact) mass is 549 g/mol. The number of nitrogens with zero attached hydrogens (tertiary/aromatic N) is 1. The van der Waals surface area contributed by atoms with Crippen LogP contribution >= 0.6 is 34.8 Å². The molecule has 2 aromatic rings. The number of carbonyl (C=O) groups is 2. The van der Waals surface area contributed by atoms with E-state index in [9.17, 15) is 9.59 Å². The van der Waals surface area contributed by atoms with E-state index in [2.05, 4.69) is 6.92 Å². The molecule has 0 aromatic heterocycles. The van der Waals surface area contributed by atoms with Gasteiger partial charge in [-0.25, -0.2) is 0 Å². The molecule has 0 bridgehead atoms. The summed E-state index contributed by atoms with van der Waals surface area (Å²) in [5, 5.41) is 1.12. The van der Waals surface area contributed by atoms with Crippen molar-refractivity contribution in [3.8, 4) is 0 Å². The van der Waals surface area contributed by atoms with Gasteiger partial charge in [0.2, 0.25) is 0 Å². The maximum Gasteiger partial charge on any atom is 0.311 e. The van der Waals surface area contributed by atoms with Crippen LogP contribution in [0.25, 0.3) is 0 Å². The lowest BCUT2D eigenvalue weighted by Gasteiger charge is -2.51. The first-order chi connectivity index (χ1) is 16.9. The fourth-order valence-corrected chi connectivity index (χ4v) is 7.84. The molecule has 3 atom stereocenters. The molecule has 0 saturated heterocycles. The van der Waals surface area contributed by atoms with E-state index in [4.69, 9.17) is 39.5 Å². The van der Waals surface area contributed by atoms with E-state index in [0.29, 0.717) is 51.3 Å². The van der Waals surface area contributed by atoms with Crippen LogP contribution < -0.4 is 0 Å². The molecule has 1 aliphatic carbocycles. The predicted molar refractivity (Wildman–Crippen MR) is 146 cm³/mol. The largest absolute Gasteiger partial charge is 0.469 e. The molecule has 0 radical (unpaired) electrons. The number of ether oxygens (including phenoxy) is 1. The summed E-state index contributed by atoms with van der Waals surface area (Å²) < 4.78 is 5.31. The molecule has 0 N–H and O–H groups in total.